The van der Waals surface area contributed by atoms with Gasteiger partial charge < -0.3 is 5.11 Å². The van der Waals surface area contributed by atoms with Crippen LogP contribution in [0.15, 0.2) is 35.3 Å². The maximum absolute atomic E-state index is 9.89. The molecule has 74 valence electrons. The number of aliphatic imine (C=N–C) groups is 1. The summed E-state index contributed by atoms with van der Waals surface area (Å²) < 4.78 is 0. The van der Waals surface area contributed by atoms with Crippen molar-refractivity contribution in [3.8, 4) is 0 Å². The molecule has 14 heavy (non-hydrogen) atoms. The van der Waals surface area contributed by atoms with E-state index in [1.54, 1.807) is 11.8 Å². The molecule has 0 saturated heterocycles. The molecule has 1 atom stereocenters. The number of aliphatic hydroxyl groups is 1. The highest BCUT2D eigenvalue weighted by atomic mass is 32.2. The highest BCUT2D eigenvalue weighted by molar-refractivity contribution is 8.14. The van der Waals surface area contributed by atoms with E-state index >= 15 is 0 Å². The summed E-state index contributed by atoms with van der Waals surface area (Å²) in [4.78, 5) is 4.32. The molecule has 0 bridgehead atoms. The van der Waals surface area contributed by atoms with Gasteiger partial charge in [0.15, 0.2) is 0 Å². The fourth-order valence-corrected chi connectivity index (χ4v) is 2.34. The molecule has 0 amide bonds. The zero-order valence-corrected chi connectivity index (χ0v) is 8.70. The first-order valence-corrected chi connectivity index (χ1v) is 5.74. The second-order valence-electron chi connectivity index (χ2n) is 3.25. The topological polar surface area (TPSA) is 32.6 Å². The lowest BCUT2D eigenvalue weighted by Crippen LogP contribution is -2.02. The summed E-state index contributed by atoms with van der Waals surface area (Å²) in [7, 11) is 0. The average Bonchev–Trinajstić information content (AvgIpc) is 2.72. The van der Waals surface area contributed by atoms with Crippen LogP contribution in [0.4, 0.5) is 0 Å². The molecule has 1 aromatic carbocycles. The summed E-state index contributed by atoms with van der Waals surface area (Å²) in [5.74, 6) is 1.07. The minimum atomic E-state index is -0.402. The first-order chi connectivity index (χ1) is 6.86. The fourth-order valence-electron chi connectivity index (χ4n) is 1.46. The van der Waals surface area contributed by atoms with Crippen LogP contribution < -0.4 is 0 Å². The van der Waals surface area contributed by atoms with Gasteiger partial charge in [0.1, 0.15) is 0 Å². The van der Waals surface area contributed by atoms with Crippen molar-refractivity contribution < 1.29 is 5.11 Å². The molecular weight excluding hydrogens is 194 g/mol. The summed E-state index contributed by atoms with van der Waals surface area (Å²) >= 11 is 1.76. The molecule has 1 unspecified atom stereocenters. The number of benzene rings is 1. The fraction of sp³-hybridized carbons (Fsp3) is 0.364. The smallest absolute Gasteiger partial charge is 0.0850 e. The van der Waals surface area contributed by atoms with Crippen LogP contribution in [-0.4, -0.2) is 22.4 Å². The van der Waals surface area contributed by atoms with Crippen LogP contribution in [0.5, 0.6) is 0 Å². The molecule has 1 aliphatic heterocycles. The number of thioether (sulfide) groups is 1. The maximum Gasteiger partial charge on any atom is 0.0850 e. The van der Waals surface area contributed by atoms with E-state index in [-0.39, 0.29) is 0 Å². The SMILES string of the molecule is OC(CC1=NCCS1)c1ccccc1. The van der Waals surface area contributed by atoms with Gasteiger partial charge in [-0.25, -0.2) is 0 Å². The van der Waals surface area contributed by atoms with Crippen molar-refractivity contribution in [3.63, 3.8) is 0 Å². The Kier molecular flexibility index (Phi) is 3.22. The quantitative estimate of drug-likeness (QED) is 0.824. The number of aliphatic hydroxyl groups excluding tert-OH is 1. The number of rotatable bonds is 3. The third kappa shape index (κ3) is 2.36. The summed E-state index contributed by atoms with van der Waals surface area (Å²) in [5, 5.41) is 11.0. The van der Waals surface area contributed by atoms with Crippen LogP contribution >= 0.6 is 11.8 Å². The van der Waals surface area contributed by atoms with Gasteiger partial charge in [-0.15, -0.1) is 11.8 Å². The first-order valence-electron chi connectivity index (χ1n) is 4.75. The largest absolute Gasteiger partial charge is 0.388 e. The normalized spacial score (nSPS) is 17.9. The van der Waals surface area contributed by atoms with Gasteiger partial charge in [-0.2, -0.15) is 0 Å². The number of hydrogen-bond donors (Lipinski definition) is 1. The third-order valence-corrected chi connectivity index (χ3v) is 3.22. The molecular formula is C11H13NOS. The molecule has 3 heteroatoms. The molecule has 0 saturated carbocycles. The summed E-state index contributed by atoms with van der Waals surface area (Å²) in [5.41, 5.74) is 0.975. The van der Waals surface area contributed by atoms with Crippen molar-refractivity contribution in [1.29, 1.82) is 0 Å². The Hall–Kier alpha value is -0.800. The van der Waals surface area contributed by atoms with Gasteiger partial charge in [0.2, 0.25) is 0 Å². The molecule has 0 spiro atoms. The summed E-state index contributed by atoms with van der Waals surface area (Å²) in [6.45, 7) is 0.904. The van der Waals surface area contributed by atoms with Crippen LogP contribution in [0.3, 0.4) is 0 Å². The lowest BCUT2D eigenvalue weighted by Gasteiger charge is -2.09. The van der Waals surface area contributed by atoms with Crippen molar-refractivity contribution >= 4 is 16.8 Å². The Morgan fingerprint density at radius 1 is 1.36 bits per heavy atom. The predicted octanol–water partition coefficient (Wildman–Crippen LogP) is 2.26. The summed E-state index contributed by atoms with van der Waals surface area (Å²) in [6, 6.07) is 9.75. The van der Waals surface area contributed by atoms with Gasteiger partial charge in [0, 0.05) is 18.7 Å². The third-order valence-electron chi connectivity index (χ3n) is 2.20. The van der Waals surface area contributed by atoms with E-state index in [1.807, 2.05) is 30.3 Å². The van der Waals surface area contributed by atoms with E-state index in [2.05, 4.69) is 4.99 Å². The van der Waals surface area contributed by atoms with Gasteiger partial charge in [0.05, 0.1) is 11.1 Å². The van der Waals surface area contributed by atoms with Crippen molar-refractivity contribution in [2.45, 2.75) is 12.5 Å². The Labute approximate surface area is 88.1 Å². The highest BCUT2D eigenvalue weighted by Crippen LogP contribution is 2.23. The molecule has 1 aromatic rings. The molecule has 1 heterocycles. The Balaban J connectivity index is 1.99. The van der Waals surface area contributed by atoms with Gasteiger partial charge in [-0.05, 0) is 5.56 Å². The van der Waals surface area contributed by atoms with E-state index in [4.69, 9.17) is 0 Å². The lowest BCUT2D eigenvalue weighted by atomic mass is 10.1. The first kappa shape index (κ1) is 9.74. The van der Waals surface area contributed by atoms with Crippen LogP contribution in [0.1, 0.15) is 18.1 Å². The molecule has 1 aliphatic rings. The van der Waals surface area contributed by atoms with E-state index in [0.717, 1.165) is 22.9 Å². The average molecular weight is 207 g/mol. The van der Waals surface area contributed by atoms with Crippen LogP contribution in [0, 0.1) is 0 Å². The highest BCUT2D eigenvalue weighted by Gasteiger charge is 2.13. The minimum Gasteiger partial charge on any atom is -0.388 e. The Morgan fingerprint density at radius 3 is 2.79 bits per heavy atom. The van der Waals surface area contributed by atoms with Gasteiger partial charge in [-0.3, -0.25) is 4.99 Å². The molecule has 1 N–H and O–H groups in total. The molecule has 0 aliphatic carbocycles. The zero-order chi connectivity index (χ0) is 9.80. The summed E-state index contributed by atoms with van der Waals surface area (Å²) in [6.07, 6.45) is 0.259. The molecule has 0 fully saturated rings. The monoisotopic (exact) mass is 207 g/mol. The Morgan fingerprint density at radius 2 is 2.14 bits per heavy atom. The molecule has 2 rings (SSSR count). The second-order valence-corrected chi connectivity index (χ2v) is 4.42. The molecule has 0 aromatic heterocycles. The van der Waals surface area contributed by atoms with E-state index in [9.17, 15) is 5.11 Å². The van der Waals surface area contributed by atoms with Crippen molar-refractivity contribution in [1.82, 2.24) is 0 Å². The maximum atomic E-state index is 9.89. The minimum absolute atomic E-state index is 0.402. The number of hydrogen-bond acceptors (Lipinski definition) is 3. The van der Waals surface area contributed by atoms with E-state index < -0.39 is 6.10 Å². The van der Waals surface area contributed by atoms with Gasteiger partial charge >= 0.3 is 0 Å². The van der Waals surface area contributed by atoms with Gasteiger partial charge in [-0.1, -0.05) is 30.3 Å². The Bertz CT molecular complexity index is 323. The van der Waals surface area contributed by atoms with Crippen molar-refractivity contribution in [3.05, 3.63) is 35.9 Å². The van der Waals surface area contributed by atoms with E-state index in [1.165, 1.54) is 0 Å². The second kappa shape index (κ2) is 4.62. The standard InChI is InChI=1S/C11H13NOS/c13-10(8-11-12-6-7-14-11)9-4-2-1-3-5-9/h1-5,10,13H,6-8H2. The zero-order valence-electron chi connectivity index (χ0n) is 7.89. The lowest BCUT2D eigenvalue weighted by molar-refractivity contribution is 0.187. The predicted molar refractivity (Wildman–Crippen MR) is 60.8 cm³/mol. The van der Waals surface area contributed by atoms with E-state index in [0.29, 0.717) is 6.42 Å². The van der Waals surface area contributed by atoms with Crippen molar-refractivity contribution in [2.24, 2.45) is 4.99 Å². The van der Waals surface area contributed by atoms with Crippen LogP contribution in [0.2, 0.25) is 0 Å². The number of nitrogens with zero attached hydrogens (tertiary/aromatic N) is 1. The van der Waals surface area contributed by atoms with Crippen molar-refractivity contribution in [2.75, 3.05) is 12.3 Å². The molecule has 0 radical (unpaired) electrons. The van der Waals surface area contributed by atoms with Gasteiger partial charge in [0.25, 0.3) is 0 Å². The van der Waals surface area contributed by atoms with Crippen LogP contribution in [-0.2, 0) is 0 Å². The molecule has 2 nitrogen and oxygen atoms in total. The van der Waals surface area contributed by atoms with Crippen LogP contribution in [0.25, 0.3) is 0 Å².